The molecule has 0 aliphatic rings. The summed E-state index contributed by atoms with van der Waals surface area (Å²) in [5, 5.41) is 0. The summed E-state index contributed by atoms with van der Waals surface area (Å²) in [6.45, 7) is 6.40. The van der Waals surface area contributed by atoms with E-state index < -0.39 is 6.10 Å². The lowest BCUT2D eigenvalue weighted by Crippen LogP contribution is -2.30. The maximum atomic E-state index is 12.8. The summed E-state index contributed by atoms with van der Waals surface area (Å²) in [6, 6.07) is 0. The van der Waals surface area contributed by atoms with Crippen molar-refractivity contribution in [2.45, 2.75) is 239 Å². The van der Waals surface area contributed by atoms with Gasteiger partial charge >= 0.3 is 17.9 Å². The van der Waals surface area contributed by atoms with E-state index in [4.69, 9.17) is 14.2 Å². The van der Waals surface area contributed by atoms with Crippen LogP contribution in [-0.2, 0) is 28.6 Å². The van der Waals surface area contributed by atoms with Crippen molar-refractivity contribution in [2.24, 2.45) is 0 Å². The largest absolute Gasteiger partial charge is 0.462 e. The van der Waals surface area contributed by atoms with Crippen molar-refractivity contribution in [2.75, 3.05) is 13.2 Å². The molecular formula is C56H94O6. The van der Waals surface area contributed by atoms with Crippen LogP contribution < -0.4 is 0 Å². The molecular weight excluding hydrogens is 769 g/mol. The first-order chi connectivity index (χ1) is 30.5. The third-order valence-electron chi connectivity index (χ3n) is 10.8. The smallest absolute Gasteiger partial charge is 0.306 e. The molecule has 0 bridgehead atoms. The van der Waals surface area contributed by atoms with Gasteiger partial charge in [0.15, 0.2) is 6.10 Å². The topological polar surface area (TPSA) is 78.9 Å². The van der Waals surface area contributed by atoms with E-state index in [2.05, 4.69) is 51.2 Å². The second-order valence-corrected chi connectivity index (χ2v) is 16.8. The molecule has 1 unspecified atom stereocenters. The molecule has 0 aromatic rings. The predicted molar refractivity (Wildman–Crippen MR) is 265 cm³/mol. The van der Waals surface area contributed by atoms with Gasteiger partial charge in [-0.3, -0.25) is 14.4 Å². The van der Waals surface area contributed by atoms with Crippen LogP contribution >= 0.6 is 0 Å². The van der Waals surface area contributed by atoms with Crippen LogP contribution in [0.2, 0.25) is 0 Å². The third-order valence-corrected chi connectivity index (χ3v) is 10.8. The molecule has 0 aromatic heterocycles. The molecule has 0 fully saturated rings. The van der Waals surface area contributed by atoms with Gasteiger partial charge in [-0.2, -0.15) is 0 Å². The normalized spacial score (nSPS) is 12.8. The maximum Gasteiger partial charge on any atom is 0.306 e. The zero-order valence-corrected chi connectivity index (χ0v) is 40.4. The van der Waals surface area contributed by atoms with Crippen LogP contribution in [0.3, 0.4) is 0 Å². The highest BCUT2D eigenvalue weighted by Gasteiger charge is 2.19. The fraction of sp³-hybridized carbons (Fsp3) is 0.696. The van der Waals surface area contributed by atoms with Gasteiger partial charge in [-0.15, -0.1) is 0 Å². The molecule has 0 aliphatic heterocycles. The van der Waals surface area contributed by atoms with Crippen molar-refractivity contribution in [3.8, 4) is 0 Å². The fourth-order valence-corrected chi connectivity index (χ4v) is 6.93. The molecule has 0 N–H and O–H groups in total. The summed E-state index contributed by atoms with van der Waals surface area (Å²) in [4.78, 5) is 37.9. The first-order valence-corrected chi connectivity index (χ1v) is 25.7. The highest BCUT2D eigenvalue weighted by Crippen LogP contribution is 2.15. The summed E-state index contributed by atoms with van der Waals surface area (Å²) in [5.41, 5.74) is 0. The van der Waals surface area contributed by atoms with Crippen LogP contribution in [-0.4, -0.2) is 37.2 Å². The average molecular weight is 863 g/mol. The highest BCUT2D eigenvalue weighted by molar-refractivity contribution is 5.71. The Morgan fingerprint density at radius 3 is 1.23 bits per heavy atom. The highest BCUT2D eigenvalue weighted by atomic mass is 16.6. The van der Waals surface area contributed by atoms with Crippen molar-refractivity contribution in [3.63, 3.8) is 0 Å². The van der Waals surface area contributed by atoms with E-state index in [-0.39, 0.29) is 44.0 Å². The van der Waals surface area contributed by atoms with Crippen LogP contribution in [0.25, 0.3) is 0 Å². The summed E-state index contributed by atoms with van der Waals surface area (Å²) in [6.07, 6.45) is 64.4. The number of carbonyl (C=O) groups is 3. The molecule has 6 nitrogen and oxygen atoms in total. The van der Waals surface area contributed by atoms with Crippen molar-refractivity contribution < 1.29 is 28.6 Å². The van der Waals surface area contributed by atoms with Gasteiger partial charge in [0.05, 0.1) is 0 Å². The van der Waals surface area contributed by atoms with Gasteiger partial charge in [0.25, 0.3) is 0 Å². The summed E-state index contributed by atoms with van der Waals surface area (Å²) < 4.78 is 16.7. The van der Waals surface area contributed by atoms with Crippen LogP contribution in [0.1, 0.15) is 233 Å². The monoisotopic (exact) mass is 863 g/mol. The van der Waals surface area contributed by atoms with E-state index in [1.807, 2.05) is 54.7 Å². The standard InChI is InChI=1S/C56H94O6/c1-4-7-10-13-16-19-22-25-27-29-31-34-37-40-43-46-49-55(58)61-52-53(51-60-54(57)48-45-42-39-36-33-30-24-21-18-15-12-9-6-3)62-56(59)50-47-44-41-38-35-32-28-26-23-20-17-14-11-8-5-2/h8,11,14,17,20,23,26,28,30,32-33,35,39,42,53H,4-7,9-10,12-13,15-16,18-19,21-22,24-25,27,29,31,34,36-38,40-41,43-52H2,1-3H3/b11-8-,17-14-,23-20-,28-26-,33-30-,35-32-,42-39-. The third kappa shape index (κ3) is 47.6. The van der Waals surface area contributed by atoms with Gasteiger partial charge in [0.1, 0.15) is 13.2 Å². The zero-order valence-electron chi connectivity index (χ0n) is 40.4. The molecule has 0 saturated heterocycles. The van der Waals surface area contributed by atoms with Gasteiger partial charge in [-0.1, -0.05) is 241 Å². The Labute approximate surface area is 382 Å². The Kier molecular flexibility index (Phi) is 47.5. The molecule has 0 rings (SSSR count). The van der Waals surface area contributed by atoms with Crippen LogP contribution in [0.15, 0.2) is 85.1 Å². The first kappa shape index (κ1) is 58.6. The van der Waals surface area contributed by atoms with Crippen molar-refractivity contribution in [1.29, 1.82) is 0 Å². The fourth-order valence-electron chi connectivity index (χ4n) is 6.93. The van der Waals surface area contributed by atoms with Gasteiger partial charge < -0.3 is 14.2 Å². The zero-order chi connectivity index (χ0) is 45.1. The van der Waals surface area contributed by atoms with E-state index >= 15 is 0 Å². The lowest BCUT2D eigenvalue weighted by Gasteiger charge is -2.18. The van der Waals surface area contributed by atoms with E-state index in [1.165, 1.54) is 122 Å². The molecule has 0 aromatic carbocycles. The summed E-state index contributed by atoms with van der Waals surface area (Å²) >= 11 is 0. The van der Waals surface area contributed by atoms with E-state index in [0.717, 1.165) is 57.8 Å². The van der Waals surface area contributed by atoms with Crippen molar-refractivity contribution in [1.82, 2.24) is 0 Å². The molecule has 0 spiro atoms. The lowest BCUT2D eigenvalue weighted by atomic mass is 10.0. The minimum atomic E-state index is -0.819. The Bertz CT molecular complexity index is 1220. The van der Waals surface area contributed by atoms with Gasteiger partial charge in [0, 0.05) is 19.3 Å². The summed E-state index contributed by atoms with van der Waals surface area (Å²) in [5.74, 6) is -1.02. The second-order valence-electron chi connectivity index (χ2n) is 16.8. The van der Waals surface area contributed by atoms with Crippen LogP contribution in [0, 0.1) is 0 Å². The van der Waals surface area contributed by atoms with Gasteiger partial charge in [-0.25, -0.2) is 0 Å². The number of allylic oxidation sites excluding steroid dienone is 14. The van der Waals surface area contributed by atoms with Gasteiger partial charge in [0.2, 0.25) is 0 Å². The summed E-state index contributed by atoms with van der Waals surface area (Å²) in [7, 11) is 0. The molecule has 62 heavy (non-hydrogen) atoms. The number of esters is 3. The number of hydrogen-bond donors (Lipinski definition) is 0. The number of hydrogen-bond acceptors (Lipinski definition) is 6. The second kappa shape index (κ2) is 50.2. The number of unbranched alkanes of at least 4 members (excludes halogenated alkanes) is 24. The molecule has 0 amide bonds. The molecule has 0 aliphatic carbocycles. The maximum absolute atomic E-state index is 12.8. The Hall–Kier alpha value is -3.41. The van der Waals surface area contributed by atoms with Crippen LogP contribution in [0.4, 0.5) is 0 Å². The van der Waals surface area contributed by atoms with Crippen molar-refractivity contribution in [3.05, 3.63) is 85.1 Å². The van der Waals surface area contributed by atoms with Crippen molar-refractivity contribution >= 4 is 17.9 Å². The molecule has 0 heterocycles. The predicted octanol–water partition coefficient (Wildman–Crippen LogP) is 16.8. The minimum Gasteiger partial charge on any atom is -0.462 e. The molecule has 0 saturated carbocycles. The Morgan fingerprint density at radius 1 is 0.355 bits per heavy atom. The van der Waals surface area contributed by atoms with E-state index in [9.17, 15) is 14.4 Å². The average Bonchev–Trinajstić information content (AvgIpc) is 3.27. The Morgan fingerprint density at radius 2 is 0.726 bits per heavy atom. The number of rotatable bonds is 45. The van der Waals surface area contributed by atoms with Gasteiger partial charge in [-0.05, 0) is 57.8 Å². The van der Waals surface area contributed by atoms with Crippen LogP contribution in [0.5, 0.6) is 0 Å². The molecule has 6 heteroatoms. The SMILES string of the molecule is CC\C=C/C=C\C=C/C=C\C=C/CCCCCC(=O)OC(COC(=O)CC/C=C\C/C=C\CCCCCCCC)COC(=O)CCCCCCCCCCCCCCCCCC. The molecule has 1 atom stereocenters. The minimum absolute atomic E-state index is 0.110. The van der Waals surface area contributed by atoms with E-state index in [1.54, 1.807) is 0 Å². The van der Waals surface area contributed by atoms with E-state index in [0.29, 0.717) is 19.3 Å². The number of ether oxygens (including phenoxy) is 3. The molecule has 354 valence electrons. The number of carbonyl (C=O) groups excluding carboxylic acids is 3. The Balaban J connectivity index is 4.50. The quantitative estimate of drug-likeness (QED) is 0.0199. The molecule has 0 radical (unpaired) electrons. The lowest BCUT2D eigenvalue weighted by molar-refractivity contribution is -0.166. The first-order valence-electron chi connectivity index (χ1n) is 25.7.